The zero-order valence-electron chi connectivity index (χ0n) is 8.41. The van der Waals surface area contributed by atoms with Gasteiger partial charge in [-0.15, -0.1) is 0 Å². The van der Waals surface area contributed by atoms with E-state index >= 15 is 0 Å². The molecule has 0 aliphatic carbocycles. The van der Waals surface area contributed by atoms with Crippen LogP contribution >= 0.6 is 0 Å². The lowest BCUT2D eigenvalue weighted by Gasteiger charge is -2.10. The van der Waals surface area contributed by atoms with Crippen molar-refractivity contribution in [3.8, 4) is 5.75 Å². The van der Waals surface area contributed by atoms with Gasteiger partial charge in [0.25, 0.3) is 0 Å². The van der Waals surface area contributed by atoms with E-state index in [9.17, 15) is 5.11 Å². The minimum atomic E-state index is -0.764. The second-order valence-electron chi connectivity index (χ2n) is 3.35. The summed E-state index contributed by atoms with van der Waals surface area (Å²) in [5.41, 5.74) is 3.00. The van der Waals surface area contributed by atoms with Crippen LogP contribution in [0.15, 0.2) is 12.1 Å². The van der Waals surface area contributed by atoms with Gasteiger partial charge in [-0.05, 0) is 37.1 Å². The Hall–Kier alpha value is -1.06. The van der Waals surface area contributed by atoms with E-state index < -0.39 is 6.29 Å². The average Bonchev–Trinajstić information content (AvgIpc) is 2.54. The van der Waals surface area contributed by atoms with Gasteiger partial charge in [0.05, 0.1) is 13.2 Å². The Morgan fingerprint density at radius 2 is 2.36 bits per heavy atom. The van der Waals surface area contributed by atoms with Crippen molar-refractivity contribution in [3.05, 3.63) is 28.8 Å². The Kier molecular flexibility index (Phi) is 2.44. The molecule has 1 unspecified atom stereocenters. The molecular weight excluding hydrogens is 180 g/mol. The maximum atomic E-state index is 9.46. The Bertz CT molecular complexity index is 347. The molecule has 0 fully saturated rings. The molecule has 0 amide bonds. The topological polar surface area (TPSA) is 38.7 Å². The first-order chi connectivity index (χ1) is 6.74. The van der Waals surface area contributed by atoms with E-state index in [1.165, 1.54) is 0 Å². The van der Waals surface area contributed by atoms with Crippen LogP contribution in [-0.4, -0.2) is 11.7 Å². The molecule has 0 bridgehead atoms. The fourth-order valence-corrected chi connectivity index (χ4v) is 1.74. The molecule has 1 atom stereocenters. The number of aliphatic hydroxyl groups excluding tert-OH is 1. The fraction of sp³-hybridized carbons (Fsp3) is 0.455. The van der Waals surface area contributed by atoms with Crippen LogP contribution in [-0.2, 0) is 11.3 Å². The Balaban J connectivity index is 2.42. The summed E-state index contributed by atoms with van der Waals surface area (Å²) in [5.74, 6) is 0.879. The molecule has 3 heteroatoms. The molecule has 1 aliphatic heterocycles. The van der Waals surface area contributed by atoms with E-state index in [0.717, 1.165) is 22.4 Å². The predicted octanol–water partition coefficient (Wildman–Crippen LogP) is 1.91. The first-order valence-corrected chi connectivity index (χ1v) is 4.79. The third-order valence-corrected chi connectivity index (χ3v) is 2.54. The van der Waals surface area contributed by atoms with Crippen LogP contribution in [0.4, 0.5) is 0 Å². The molecule has 0 radical (unpaired) electrons. The summed E-state index contributed by atoms with van der Waals surface area (Å²) >= 11 is 0. The number of hydrogen-bond donors (Lipinski definition) is 1. The molecule has 1 aliphatic rings. The lowest BCUT2D eigenvalue weighted by molar-refractivity contribution is -0.0918. The van der Waals surface area contributed by atoms with Gasteiger partial charge >= 0.3 is 0 Å². The Morgan fingerprint density at radius 3 is 3.07 bits per heavy atom. The summed E-state index contributed by atoms with van der Waals surface area (Å²) in [4.78, 5) is 0. The van der Waals surface area contributed by atoms with Crippen molar-refractivity contribution in [2.24, 2.45) is 0 Å². The molecule has 3 nitrogen and oxygen atoms in total. The van der Waals surface area contributed by atoms with E-state index in [1.807, 2.05) is 26.0 Å². The fourth-order valence-electron chi connectivity index (χ4n) is 1.74. The summed E-state index contributed by atoms with van der Waals surface area (Å²) in [7, 11) is 0. The van der Waals surface area contributed by atoms with Crippen molar-refractivity contribution in [3.63, 3.8) is 0 Å². The first-order valence-electron chi connectivity index (χ1n) is 4.79. The summed E-state index contributed by atoms with van der Waals surface area (Å²) < 4.78 is 10.6. The number of benzene rings is 1. The first kappa shape index (κ1) is 9.49. The normalized spacial score (nSPS) is 19.5. The molecule has 1 aromatic carbocycles. The van der Waals surface area contributed by atoms with Gasteiger partial charge in [0, 0.05) is 5.56 Å². The Morgan fingerprint density at radius 1 is 1.57 bits per heavy atom. The highest BCUT2D eigenvalue weighted by Crippen LogP contribution is 2.34. The van der Waals surface area contributed by atoms with Crippen LogP contribution < -0.4 is 4.74 Å². The minimum absolute atomic E-state index is 0.475. The number of hydrogen-bond acceptors (Lipinski definition) is 3. The number of aliphatic hydroxyl groups is 1. The van der Waals surface area contributed by atoms with Gasteiger partial charge in [0.15, 0.2) is 6.29 Å². The van der Waals surface area contributed by atoms with Gasteiger partial charge in [-0.3, -0.25) is 0 Å². The third kappa shape index (κ3) is 1.38. The van der Waals surface area contributed by atoms with Gasteiger partial charge in [0.2, 0.25) is 0 Å². The summed E-state index contributed by atoms with van der Waals surface area (Å²) in [5, 5.41) is 9.46. The van der Waals surface area contributed by atoms with Crippen molar-refractivity contribution in [1.29, 1.82) is 0 Å². The number of ether oxygens (including phenoxy) is 2. The number of fused-ring (bicyclic) bond motifs is 1. The van der Waals surface area contributed by atoms with Gasteiger partial charge in [-0.1, -0.05) is 0 Å². The smallest absolute Gasteiger partial charge is 0.181 e. The van der Waals surface area contributed by atoms with E-state index in [4.69, 9.17) is 9.47 Å². The van der Waals surface area contributed by atoms with E-state index in [0.29, 0.717) is 13.2 Å². The average molecular weight is 194 g/mol. The van der Waals surface area contributed by atoms with Crippen molar-refractivity contribution >= 4 is 0 Å². The van der Waals surface area contributed by atoms with Crippen molar-refractivity contribution < 1.29 is 14.6 Å². The van der Waals surface area contributed by atoms with Crippen molar-refractivity contribution in [2.45, 2.75) is 26.7 Å². The lowest BCUT2D eigenvalue weighted by atomic mass is 10.0. The molecule has 1 heterocycles. The zero-order valence-corrected chi connectivity index (χ0v) is 8.41. The molecule has 76 valence electrons. The van der Waals surface area contributed by atoms with Gasteiger partial charge in [0.1, 0.15) is 5.75 Å². The minimum Gasteiger partial charge on any atom is -0.494 e. The molecule has 0 spiro atoms. The Labute approximate surface area is 83.3 Å². The SMILES string of the molecule is CCOc1ccc2c(c1C)COC2O. The largest absolute Gasteiger partial charge is 0.494 e. The van der Waals surface area contributed by atoms with Crippen molar-refractivity contribution in [2.75, 3.05) is 6.61 Å². The second-order valence-corrected chi connectivity index (χ2v) is 3.35. The van der Waals surface area contributed by atoms with E-state index in [1.54, 1.807) is 0 Å². The van der Waals surface area contributed by atoms with Gasteiger partial charge in [-0.2, -0.15) is 0 Å². The highest BCUT2D eigenvalue weighted by Gasteiger charge is 2.23. The van der Waals surface area contributed by atoms with Crippen LogP contribution in [0.25, 0.3) is 0 Å². The third-order valence-electron chi connectivity index (χ3n) is 2.54. The molecule has 1 N–H and O–H groups in total. The highest BCUT2D eigenvalue weighted by molar-refractivity contribution is 5.45. The summed E-state index contributed by atoms with van der Waals surface area (Å²) in [6, 6.07) is 3.75. The maximum absolute atomic E-state index is 9.46. The quantitative estimate of drug-likeness (QED) is 0.781. The zero-order chi connectivity index (χ0) is 10.1. The molecule has 14 heavy (non-hydrogen) atoms. The lowest BCUT2D eigenvalue weighted by Crippen LogP contribution is -1.98. The van der Waals surface area contributed by atoms with Crippen LogP contribution in [0.2, 0.25) is 0 Å². The highest BCUT2D eigenvalue weighted by atomic mass is 16.6. The molecule has 1 aromatic rings. The monoisotopic (exact) mass is 194 g/mol. The molecule has 0 aromatic heterocycles. The van der Waals surface area contributed by atoms with Crippen LogP contribution in [0.1, 0.15) is 29.9 Å². The standard InChI is InChI=1S/C11H14O3/c1-3-13-10-5-4-8-9(7(10)2)6-14-11(8)12/h4-5,11-12H,3,6H2,1-2H3. The van der Waals surface area contributed by atoms with Gasteiger partial charge in [-0.25, -0.2) is 0 Å². The van der Waals surface area contributed by atoms with Crippen molar-refractivity contribution in [1.82, 2.24) is 0 Å². The molecule has 0 saturated heterocycles. The molecule has 0 saturated carbocycles. The second kappa shape index (κ2) is 3.59. The van der Waals surface area contributed by atoms with E-state index in [2.05, 4.69) is 0 Å². The van der Waals surface area contributed by atoms with Gasteiger partial charge < -0.3 is 14.6 Å². The van der Waals surface area contributed by atoms with Crippen LogP contribution in [0, 0.1) is 6.92 Å². The number of rotatable bonds is 2. The van der Waals surface area contributed by atoms with E-state index in [-0.39, 0.29) is 0 Å². The molecule has 2 rings (SSSR count). The summed E-state index contributed by atoms with van der Waals surface area (Å²) in [6.07, 6.45) is -0.764. The summed E-state index contributed by atoms with van der Waals surface area (Å²) in [6.45, 7) is 5.08. The van der Waals surface area contributed by atoms with Crippen LogP contribution in [0.3, 0.4) is 0 Å². The van der Waals surface area contributed by atoms with Crippen LogP contribution in [0.5, 0.6) is 5.75 Å². The predicted molar refractivity (Wildman–Crippen MR) is 52.1 cm³/mol. The molecular formula is C11H14O3. The maximum Gasteiger partial charge on any atom is 0.181 e.